The van der Waals surface area contributed by atoms with Gasteiger partial charge in [0.2, 0.25) is 0 Å². The van der Waals surface area contributed by atoms with Gasteiger partial charge in [0.15, 0.2) is 5.96 Å². The van der Waals surface area contributed by atoms with Crippen LogP contribution >= 0.6 is 0 Å². The van der Waals surface area contributed by atoms with E-state index >= 15 is 0 Å². The molecule has 2 rings (SSSR count). The van der Waals surface area contributed by atoms with Crippen molar-refractivity contribution in [1.82, 2.24) is 10.2 Å². The Bertz CT molecular complexity index is 352. The highest BCUT2D eigenvalue weighted by molar-refractivity contribution is 5.77. The van der Waals surface area contributed by atoms with Crippen LogP contribution in [0.4, 0.5) is 0 Å². The maximum atomic E-state index is 5.87. The van der Waals surface area contributed by atoms with Gasteiger partial charge in [0.25, 0.3) is 0 Å². The van der Waals surface area contributed by atoms with Crippen LogP contribution in [-0.4, -0.2) is 70.0 Å². The molecule has 0 aromatic rings. The van der Waals surface area contributed by atoms with Crippen LogP contribution in [0.1, 0.15) is 19.3 Å². The van der Waals surface area contributed by atoms with E-state index in [0.717, 1.165) is 78.4 Å². The molecule has 0 aromatic carbocycles. The van der Waals surface area contributed by atoms with E-state index in [2.05, 4.69) is 21.3 Å². The summed E-state index contributed by atoms with van der Waals surface area (Å²) in [5.41, 5.74) is 7.32. The number of ether oxygens (including phenoxy) is 2. The SMILES string of the molecule is NC(=NCCCN1CCOCC1)NCCC1=CCOCC1. The molecule has 21 heavy (non-hydrogen) atoms. The summed E-state index contributed by atoms with van der Waals surface area (Å²) in [6.45, 7) is 8.09. The van der Waals surface area contributed by atoms with Crippen LogP contribution < -0.4 is 11.1 Å². The van der Waals surface area contributed by atoms with Gasteiger partial charge < -0.3 is 20.5 Å². The van der Waals surface area contributed by atoms with Crippen molar-refractivity contribution in [2.75, 3.05) is 59.2 Å². The minimum Gasteiger partial charge on any atom is -0.379 e. The molecular formula is C15H28N4O2. The fourth-order valence-corrected chi connectivity index (χ4v) is 2.52. The molecule has 2 aliphatic heterocycles. The van der Waals surface area contributed by atoms with Crippen molar-refractivity contribution in [3.8, 4) is 0 Å². The van der Waals surface area contributed by atoms with Crippen molar-refractivity contribution in [3.63, 3.8) is 0 Å². The summed E-state index contributed by atoms with van der Waals surface area (Å²) in [5, 5.41) is 3.18. The monoisotopic (exact) mass is 296 g/mol. The zero-order valence-electron chi connectivity index (χ0n) is 12.9. The predicted octanol–water partition coefficient (Wildman–Crippen LogP) is 0.350. The average molecular weight is 296 g/mol. The quantitative estimate of drug-likeness (QED) is 0.307. The summed E-state index contributed by atoms with van der Waals surface area (Å²) in [5.74, 6) is 0.560. The standard InChI is InChI=1S/C15H28N4O2/c16-15(18-6-2-14-3-10-20-11-4-14)17-5-1-7-19-8-12-21-13-9-19/h3H,1-2,4-13H2,(H3,16,17,18). The summed E-state index contributed by atoms with van der Waals surface area (Å²) >= 11 is 0. The number of rotatable bonds is 7. The summed E-state index contributed by atoms with van der Waals surface area (Å²) in [7, 11) is 0. The maximum absolute atomic E-state index is 5.87. The normalized spacial score (nSPS) is 21.1. The van der Waals surface area contributed by atoms with Gasteiger partial charge in [0.1, 0.15) is 0 Å². The molecule has 1 saturated heterocycles. The fraction of sp³-hybridized carbons (Fsp3) is 0.800. The second-order valence-electron chi connectivity index (χ2n) is 5.44. The number of guanidine groups is 1. The van der Waals surface area contributed by atoms with Crippen LogP contribution in [0.25, 0.3) is 0 Å². The third-order valence-corrected chi connectivity index (χ3v) is 3.83. The first kappa shape index (κ1) is 16.3. The van der Waals surface area contributed by atoms with Crippen LogP contribution in [0, 0.1) is 0 Å². The Morgan fingerprint density at radius 2 is 2.14 bits per heavy atom. The van der Waals surface area contributed by atoms with Gasteiger partial charge in [0, 0.05) is 32.7 Å². The molecule has 0 aliphatic carbocycles. The second-order valence-corrected chi connectivity index (χ2v) is 5.44. The molecule has 0 unspecified atom stereocenters. The molecule has 0 spiro atoms. The lowest BCUT2D eigenvalue weighted by atomic mass is 10.1. The molecule has 0 atom stereocenters. The van der Waals surface area contributed by atoms with E-state index in [-0.39, 0.29) is 0 Å². The Kier molecular flexibility index (Phi) is 7.56. The number of nitrogens with zero attached hydrogens (tertiary/aromatic N) is 2. The van der Waals surface area contributed by atoms with E-state index in [4.69, 9.17) is 15.2 Å². The Morgan fingerprint density at radius 1 is 1.29 bits per heavy atom. The van der Waals surface area contributed by atoms with Crippen molar-refractivity contribution in [1.29, 1.82) is 0 Å². The predicted molar refractivity (Wildman–Crippen MR) is 84.5 cm³/mol. The van der Waals surface area contributed by atoms with Gasteiger partial charge in [-0.05, 0) is 19.3 Å². The second kappa shape index (κ2) is 9.76. The van der Waals surface area contributed by atoms with Crippen molar-refractivity contribution in [2.24, 2.45) is 10.7 Å². The van der Waals surface area contributed by atoms with Crippen molar-refractivity contribution >= 4 is 5.96 Å². The Labute approximate surface area is 127 Å². The van der Waals surface area contributed by atoms with Gasteiger partial charge in [-0.25, -0.2) is 0 Å². The molecule has 2 aliphatic rings. The molecular weight excluding hydrogens is 268 g/mol. The number of aliphatic imine (C=N–C) groups is 1. The Balaban J connectivity index is 1.51. The number of nitrogens with one attached hydrogen (secondary N) is 1. The molecule has 0 amide bonds. The summed E-state index contributed by atoms with van der Waals surface area (Å²) in [6, 6.07) is 0. The number of morpholine rings is 1. The first-order valence-corrected chi connectivity index (χ1v) is 7.94. The van der Waals surface area contributed by atoms with E-state index < -0.39 is 0 Å². The van der Waals surface area contributed by atoms with Crippen LogP contribution in [0.3, 0.4) is 0 Å². The van der Waals surface area contributed by atoms with Gasteiger partial charge in [-0.1, -0.05) is 11.6 Å². The fourth-order valence-electron chi connectivity index (χ4n) is 2.52. The van der Waals surface area contributed by atoms with Crippen LogP contribution in [0.2, 0.25) is 0 Å². The molecule has 3 N–H and O–H groups in total. The Hall–Kier alpha value is -1.11. The largest absolute Gasteiger partial charge is 0.379 e. The van der Waals surface area contributed by atoms with Crippen LogP contribution in [-0.2, 0) is 9.47 Å². The third kappa shape index (κ3) is 6.93. The summed E-state index contributed by atoms with van der Waals surface area (Å²) in [4.78, 5) is 6.79. The van der Waals surface area contributed by atoms with Gasteiger partial charge in [-0.3, -0.25) is 9.89 Å². The van der Waals surface area contributed by atoms with E-state index in [1.807, 2.05) is 0 Å². The van der Waals surface area contributed by atoms with Gasteiger partial charge in [-0.15, -0.1) is 0 Å². The Morgan fingerprint density at radius 3 is 2.90 bits per heavy atom. The van der Waals surface area contributed by atoms with E-state index in [1.165, 1.54) is 5.57 Å². The number of hydrogen-bond donors (Lipinski definition) is 2. The zero-order valence-corrected chi connectivity index (χ0v) is 12.9. The molecule has 6 heteroatoms. The molecule has 0 saturated carbocycles. The molecule has 0 radical (unpaired) electrons. The van der Waals surface area contributed by atoms with Crippen molar-refractivity contribution in [3.05, 3.63) is 11.6 Å². The van der Waals surface area contributed by atoms with E-state index in [9.17, 15) is 0 Å². The lowest BCUT2D eigenvalue weighted by molar-refractivity contribution is 0.0377. The zero-order chi connectivity index (χ0) is 14.8. The van der Waals surface area contributed by atoms with Gasteiger partial charge in [0.05, 0.1) is 26.4 Å². The number of nitrogens with two attached hydrogens (primary N) is 1. The molecule has 2 heterocycles. The van der Waals surface area contributed by atoms with Gasteiger partial charge in [-0.2, -0.15) is 0 Å². The minimum absolute atomic E-state index is 0.560. The average Bonchev–Trinajstić information content (AvgIpc) is 2.54. The molecule has 6 nitrogen and oxygen atoms in total. The summed E-state index contributed by atoms with van der Waals surface area (Å²) < 4.78 is 10.6. The smallest absolute Gasteiger partial charge is 0.188 e. The van der Waals surface area contributed by atoms with E-state index in [1.54, 1.807) is 0 Å². The lowest BCUT2D eigenvalue weighted by Gasteiger charge is -2.26. The van der Waals surface area contributed by atoms with Crippen LogP contribution in [0.15, 0.2) is 16.6 Å². The molecule has 1 fully saturated rings. The van der Waals surface area contributed by atoms with Gasteiger partial charge >= 0.3 is 0 Å². The molecule has 0 bridgehead atoms. The van der Waals surface area contributed by atoms with Crippen molar-refractivity contribution < 1.29 is 9.47 Å². The minimum atomic E-state index is 0.560. The number of hydrogen-bond acceptors (Lipinski definition) is 4. The maximum Gasteiger partial charge on any atom is 0.188 e. The summed E-state index contributed by atoms with van der Waals surface area (Å²) in [6.07, 6.45) is 5.28. The first-order chi connectivity index (χ1) is 10.3. The first-order valence-electron chi connectivity index (χ1n) is 7.94. The van der Waals surface area contributed by atoms with Crippen molar-refractivity contribution in [2.45, 2.75) is 19.3 Å². The molecule has 120 valence electrons. The van der Waals surface area contributed by atoms with Crippen LogP contribution in [0.5, 0.6) is 0 Å². The van der Waals surface area contributed by atoms with E-state index in [0.29, 0.717) is 5.96 Å². The highest BCUT2D eigenvalue weighted by Crippen LogP contribution is 2.10. The highest BCUT2D eigenvalue weighted by Gasteiger charge is 2.08. The molecule has 0 aromatic heterocycles. The highest BCUT2D eigenvalue weighted by atomic mass is 16.5. The topological polar surface area (TPSA) is 72.1 Å². The lowest BCUT2D eigenvalue weighted by Crippen LogP contribution is -2.37. The third-order valence-electron chi connectivity index (χ3n) is 3.83.